The average molecular weight is 458 g/mol. The molecule has 0 radical (unpaired) electrons. The number of nitro groups is 1. The van der Waals surface area contributed by atoms with Crippen molar-refractivity contribution in [2.75, 3.05) is 18.6 Å². The first-order valence-electron chi connectivity index (χ1n) is 8.96. The zero-order valence-corrected chi connectivity index (χ0v) is 16.9. The first-order chi connectivity index (χ1) is 14.5. The van der Waals surface area contributed by atoms with Crippen LogP contribution < -0.4 is 4.90 Å². The molecule has 1 aliphatic rings. The number of halogens is 3. The zero-order valence-electron chi connectivity index (χ0n) is 16.1. The Morgan fingerprint density at radius 2 is 1.77 bits per heavy atom. The van der Waals surface area contributed by atoms with E-state index in [1.54, 1.807) is 0 Å². The van der Waals surface area contributed by atoms with Crippen LogP contribution in [0.3, 0.4) is 0 Å². The zero-order chi connectivity index (χ0) is 23.0. The molecule has 166 valence electrons. The summed E-state index contributed by atoms with van der Waals surface area (Å²) in [5.41, 5.74) is -1.70. The number of para-hydroxylation sites is 2. The van der Waals surface area contributed by atoms with E-state index < -0.39 is 55.2 Å². The van der Waals surface area contributed by atoms with Crippen LogP contribution in [0.15, 0.2) is 53.4 Å². The van der Waals surface area contributed by atoms with E-state index in [1.807, 2.05) is 0 Å². The highest BCUT2D eigenvalue weighted by molar-refractivity contribution is 7.92. The predicted molar refractivity (Wildman–Crippen MR) is 103 cm³/mol. The fraction of sp³-hybridized carbons (Fsp3) is 0.316. The number of hydrogen-bond acceptors (Lipinski definition) is 7. The van der Waals surface area contributed by atoms with Gasteiger partial charge in [0.15, 0.2) is 9.84 Å². The number of methoxy groups -OCH3 is 1. The van der Waals surface area contributed by atoms with E-state index in [2.05, 4.69) is 0 Å². The molecule has 0 N–H and O–H groups in total. The van der Waals surface area contributed by atoms with Crippen molar-refractivity contribution in [1.29, 1.82) is 0 Å². The number of alkyl halides is 3. The Kier molecular flexibility index (Phi) is 5.94. The van der Waals surface area contributed by atoms with Crippen LogP contribution in [-0.2, 0) is 25.5 Å². The summed E-state index contributed by atoms with van der Waals surface area (Å²) < 4.78 is 71.1. The number of nitrogens with zero attached hydrogens (tertiary/aromatic N) is 2. The van der Waals surface area contributed by atoms with Gasteiger partial charge in [0, 0.05) is 12.6 Å². The number of hydrogen-bond donors (Lipinski definition) is 0. The summed E-state index contributed by atoms with van der Waals surface area (Å²) in [5, 5.41) is 9.98. The standard InChI is InChI=1S/C19H17F3N2O6S/c1-30-18(25)16-10-12(11-23(16)14-7-3-4-8-15(14)24(26)27)31(28,29)17-9-5-2-6-13(17)19(20,21)22/h2-9,12,16H,10-11H2,1H3/t12-,16+/m1/s1. The molecule has 1 heterocycles. The van der Waals surface area contributed by atoms with Gasteiger partial charge in [0.25, 0.3) is 5.69 Å². The number of anilines is 1. The lowest BCUT2D eigenvalue weighted by Gasteiger charge is -2.24. The van der Waals surface area contributed by atoms with Gasteiger partial charge in [-0.25, -0.2) is 13.2 Å². The molecule has 0 spiro atoms. The van der Waals surface area contributed by atoms with Crippen molar-refractivity contribution in [3.05, 3.63) is 64.2 Å². The van der Waals surface area contributed by atoms with E-state index in [1.165, 1.54) is 35.2 Å². The van der Waals surface area contributed by atoms with Gasteiger partial charge < -0.3 is 9.64 Å². The molecule has 1 saturated heterocycles. The lowest BCUT2D eigenvalue weighted by Crippen LogP contribution is -2.37. The average Bonchev–Trinajstić information content (AvgIpc) is 3.18. The van der Waals surface area contributed by atoms with Crippen LogP contribution in [0.4, 0.5) is 24.5 Å². The number of ether oxygens (including phenoxy) is 1. The molecule has 8 nitrogen and oxygen atoms in total. The largest absolute Gasteiger partial charge is 0.467 e. The fourth-order valence-electron chi connectivity index (χ4n) is 3.64. The topological polar surface area (TPSA) is 107 Å². The van der Waals surface area contributed by atoms with Crippen LogP contribution >= 0.6 is 0 Å². The van der Waals surface area contributed by atoms with Gasteiger partial charge in [-0.15, -0.1) is 0 Å². The Bertz CT molecular complexity index is 1120. The molecule has 0 saturated carbocycles. The molecule has 0 bridgehead atoms. The molecule has 1 aliphatic heterocycles. The quantitative estimate of drug-likeness (QED) is 0.385. The summed E-state index contributed by atoms with van der Waals surface area (Å²) >= 11 is 0. The number of esters is 1. The smallest absolute Gasteiger partial charge is 0.417 e. The van der Waals surface area contributed by atoms with E-state index in [-0.39, 0.29) is 17.8 Å². The number of sulfone groups is 1. The minimum Gasteiger partial charge on any atom is -0.467 e. The molecular formula is C19H17F3N2O6S. The highest BCUT2D eigenvalue weighted by Gasteiger charge is 2.47. The molecule has 0 aromatic heterocycles. The van der Waals surface area contributed by atoms with Crippen molar-refractivity contribution in [2.24, 2.45) is 0 Å². The van der Waals surface area contributed by atoms with Crippen LogP contribution in [0.5, 0.6) is 0 Å². The van der Waals surface area contributed by atoms with Crippen molar-refractivity contribution >= 4 is 27.2 Å². The first kappa shape index (κ1) is 22.5. The monoisotopic (exact) mass is 458 g/mol. The van der Waals surface area contributed by atoms with Crippen molar-refractivity contribution < 1.29 is 36.0 Å². The van der Waals surface area contributed by atoms with Gasteiger partial charge in [0.1, 0.15) is 11.7 Å². The first-order valence-corrected chi connectivity index (χ1v) is 10.5. The molecular weight excluding hydrogens is 441 g/mol. The molecule has 3 rings (SSSR count). The molecule has 0 aliphatic carbocycles. The highest BCUT2D eigenvalue weighted by Crippen LogP contribution is 2.40. The Morgan fingerprint density at radius 3 is 2.39 bits per heavy atom. The van der Waals surface area contributed by atoms with Crippen LogP contribution in [0, 0.1) is 10.1 Å². The lowest BCUT2D eigenvalue weighted by atomic mass is 10.2. The van der Waals surface area contributed by atoms with Gasteiger partial charge in [-0.1, -0.05) is 24.3 Å². The number of rotatable bonds is 5. The van der Waals surface area contributed by atoms with Gasteiger partial charge in [0.05, 0.1) is 27.7 Å². The molecule has 0 unspecified atom stereocenters. The third-order valence-corrected chi connectivity index (χ3v) is 7.25. The highest BCUT2D eigenvalue weighted by atomic mass is 32.2. The van der Waals surface area contributed by atoms with Crippen molar-refractivity contribution in [3.63, 3.8) is 0 Å². The molecule has 2 aromatic rings. The van der Waals surface area contributed by atoms with Gasteiger partial charge in [-0.05, 0) is 24.6 Å². The summed E-state index contributed by atoms with van der Waals surface area (Å²) in [6, 6.07) is 7.96. The fourth-order valence-corrected chi connectivity index (χ4v) is 5.55. The van der Waals surface area contributed by atoms with Gasteiger partial charge >= 0.3 is 12.1 Å². The summed E-state index contributed by atoms with van der Waals surface area (Å²) in [5.74, 6) is -0.847. The van der Waals surface area contributed by atoms with Crippen molar-refractivity contribution in [2.45, 2.75) is 28.8 Å². The van der Waals surface area contributed by atoms with E-state index in [0.29, 0.717) is 6.07 Å². The minimum atomic E-state index is -4.90. The maximum atomic E-state index is 13.4. The van der Waals surface area contributed by atoms with Gasteiger partial charge in [0.2, 0.25) is 0 Å². The number of benzene rings is 2. The van der Waals surface area contributed by atoms with Gasteiger partial charge in [-0.2, -0.15) is 13.2 Å². The molecule has 0 amide bonds. The van der Waals surface area contributed by atoms with Crippen molar-refractivity contribution in [3.8, 4) is 0 Å². The van der Waals surface area contributed by atoms with E-state index in [0.717, 1.165) is 19.2 Å². The second-order valence-electron chi connectivity index (χ2n) is 6.83. The van der Waals surface area contributed by atoms with E-state index in [4.69, 9.17) is 4.74 Å². The van der Waals surface area contributed by atoms with Crippen molar-refractivity contribution in [1.82, 2.24) is 0 Å². The second-order valence-corrected chi connectivity index (χ2v) is 9.03. The summed E-state index contributed by atoms with van der Waals surface area (Å²) in [6.45, 7) is -0.418. The summed E-state index contributed by atoms with van der Waals surface area (Å²) in [6.07, 6.45) is -5.28. The Balaban J connectivity index is 2.08. The Labute approximate surface area is 175 Å². The predicted octanol–water partition coefficient (Wildman–Crippen LogP) is 3.21. The van der Waals surface area contributed by atoms with Crippen LogP contribution in [0.1, 0.15) is 12.0 Å². The van der Waals surface area contributed by atoms with Gasteiger partial charge in [-0.3, -0.25) is 10.1 Å². The number of nitro benzene ring substituents is 1. The minimum absolute atomic E-state index is 0.0234. The molecule has 12 heteroatoms. The molecule has 2 aromatic carbocycles. The third kappa shape index (κ3) is 4.20. The van der Waals surface area contributed by atoms with Crippen LogP contribution in [-0.4, -0.2) is 44.3 Å². The Morgan fingerprint density at radius 1 is 1.16 bits per heavy atom. The van der Waals surface area contributed by atoms with Crippen LogP contribution in [0.25, 0.3) is 0 Å². The summed E-state index contributed by atoms with van der Waals surface area (Å²) in [4.78, 5) is 23.3. The molecule has 2 atom stereocenters. The summed E-state index contributed by atoms with van der Waals surface area (Å²) in [7, 11) is -3.47. The number of carbonyl (C=O) groups excluding carboxylic acids is 1. The van der Waals surface area contributed by atoms with Crippen LogP contribution in [0.2, 0.25) is 0 Å². The van der Waals surface area contributed by atoms with E-state index in [9.17, 15) is 36.5 Å². The maximum Gasteiger partial charge on any atom is 0.417 e. The lowest BCUT2D eigenvalue weighted by molar-refractivity contribution is -0.384. The van der Waals surface area contributed by atoms with E-state index >= 15 is 0 Å². The number of carbonyl (C=O) groups is 1. The molecule has 31 heavy (non-hydrogen) atoms. The molecule has 1 fully saturated rings. The Hall–Kier alpha value is -3.15. The second kappa shape index (κ2) is 8.17. The normalized spacial score (nSPS) is 19.3. The maximum absolute atomic E-state index is 13.4. The SMILES string of the molecule is COC(=O)[C@@H]1C[C@@H](S(=O)(=O)c2ccccc2C(F)(F)F)CN1c1ccccc1[N+](=O)[O-]. The third-order valence-electron chi connectivity index (χ3n) is 5.06.